The molecule has 0 N–H and O–H groups in total. The molecule has 0 spiro atoms. The lowest BCUT2D eigenvalue weighted by molar-refractivity contribution is -0.119. The van der Waals surface area contributed by atoms with Crippen LogP contribution < -0.4 is 9.64 Å². The van der Waals surface area contributed by atoms with Gasteiger partial charge in [0.1, 0.15) is 11.6 Å². The molecule has 1 aliphatic rings. The van der Waals surface area contributed by atoms with E-state index >= 15 is 0 Å². The number of anilines is 1. The molecule has 140 valence electrons. The van der Waals surface area contributed by atoms with Crippen molar-refractivity contribution in [1.82, 2.24) is 0 Å². The van der Waals surface area contributed by atoms with Crippen molar-refractivity contribution in [3.05, 3.63) is 63.8 Å². The fourth-order valence-electron chi connectivity index (χ4n) is 2.79. The molecule has 27 heavy (non-hydrogen) atoms. The zero-order chi connectivity index (χ0) is 19.6. The molecule has 4 nitrogen and oxygen atoms in total. The van der Waals surface area contributed by atoms with Gasteiger partial charge in [0.25, 0.3) is 11.8 Å². The van der Waals surface area contributed by atoms with Crippen LogP contribution >= 0.6 is 23.4 Å². The van der Waals surface area contributed by atoms with Crippen LogP contribution in [0.25, 0.3) is 5.57 Å². The van der Waals surface area contributed by atoms with Crippen molar-refractivity contribution in [2.45, 2.75) is 13.8 Å². The molecule has 2 amide bonds. The van der Waals surface area contributed by atoms with Gasteiger partial charge in [0.05, 0.1) is 27.8 Å². The number of hydrogen-bond acceptors (Lipinski definition) is 4. The first kappa shape index (κ1) is 19.5. The van der Waals surface area contributed by atoms with E-state index in [9.17, 15) is 14.0 Å². The normalized spacial score (nSPS) is 14.3. The largest absolute Gasteiger partial charge is 0.494 e. The Balaban J connectivity index is 2.03. The summed E-state index contributed by atoms with van der Waals surface area (Å²) in [7, 11) is 0. The number of ether oxygens (including phenoxy) is 1. The zero-order valence-electron chi connectivity index (χ0n) is 14.8. The Bertz CT molecular complexity index is 927. The molecule has 3 rings (SSSR count). The number of imide groups is 1. The fraction of sp³-hybridized carbons (Fsp3) is 0.200. The van der Waals surface area contributed by atoms with Crippen molar-refractivity contribution in [3.63, 3.8) is 0 Å². The maximum absolute atomic E-state index is 13.5. The highest BCUT2D eigenvalue weighted by Crippen LogP contribution is 2.39. The van der Waals surface area contributed by atoms with E-state index in [2.05, 4.69) is 0 Å². The second kappa shape index (κ2) is 8.15. The predicted octanol–water partition coefficient (Wildman–Crippen LogP) is 4.92. The minimum absolute atomic E-state index is 0.146. The Labute approximate surface area is 166 Å². The molecule has 1 aliphatic heterocycles. The van der Waals surface area contributed by atoms with Crippen LogP contribution in [0.5, 0.6) is 5.75 Å². The summed E-state index contributed by atoms with van der Waals surface area (Å²) in [5.41, 5.74) is 1.20. The van der Waals surface area contributed by atoms with Crippen LogP contribution in [-0.4, -0.2) is 24.2 Å². The lowest BCUT2D eigenvalue weighted by atomic mass is 10.1. The molecular weight excluding hydrogens is 389 g/mol. The van der Waals surface area contributed by atoms with Crippen molar-refractivity contribution in [2.75, 3.05) is 17.3 Å². The second-order valence-corrected chi connectivity index (χ2v) is 7.32. The molecule has 0 aromatic heterocycles. The highest BCUT2D eigenvalue weighted by molar-refractivity contribution is 8.04. The Kier molecular flexibility index (Phi) is 5.87. The monoisotopic (exact) mass is 405 g/mol. The molecule has 2 aromatic rings. The number of carbonyl (C=O) groups excluding carboxylic acids is 2. The molecule has 0 radical (unpaired) electrons. The molecule has 0 atom stereocenters. The SMILES string of the molecule is CCOc1ccc(C2=C(SCC)C(=O)N(c3ccc(F)c(Cl)c3)C2=O)cc1. The average Bonchev–Trinajstić information content (AvgIpc) is 2.89. The Morgan fingerprint density at radius 3 is 2.37 bits per heavy atom. The van der Waals surface area contributed by atoms with Gasteiger partial charge in [0, 0.05) is 0 Å². The first-order valence-corrected chi connectivity index (χ1v) is 9.78. The maximum Gasteiger partial charge on any atom is 0.272 e. The number of nitrogens with zero attached hydrogens (tertiary/aromatic N) is 1. The number of halogens is 2. The number of benzene rings is 2. The number of amides is 2. The van der Waals surface area contributed by atoms with Crippen LogP contribution in [0.15, 0.2) is 47.4 Å². The van der Waals surface area contributed by atoms with E-state index in [1.54, 1.807) is 24.3 Å². The summed E-state index contributed by atoms with van der Waals surface area (Å²) in [4.78, 5) is 27.4. The van der Waals surface area contributed by atoms with E-state index in [1.165, 1.54) is 23.9 Å². The number of thioether (sulfide) groups is 1. The summed E-state index contributed by atoms with van der Waals surface area (Å²) in [6, 6.07) is 10.8. The summed E-state index contributed by atoms with van der Waals surface area (Å²) in [6.07, 6.45) is 0. The van der Waals surface area contributed by atoms with Crippen molar-refractivity contribution in [2.24, 2.45) is 0 Å². The first-order chi connectivity index (χ1) is 13.0. The van der Waals surface area contributed by atoms with Crippen LogP contribution in [0, 0.1) is 5.82 Å². The molecular formula is C20H17ClFNO3S. The molecule has 0 bridgehead atoms. The van der Waals surface area contributed by atoms with Crippen molar-refractivity contribution >= 4 is 46.4 Å². The Hall–Kier alpha value is -2.31. The number of carbonyl (C=O) groups is 2. The summed E-state index contributed by atoms with van der Waals surface area (Å²) in [5, 5.41) is -0.146. The van der Waals surface area contributed by atoms with E-state index in [0.717, 1.165) is 11.0 Å². The first-order valence-electron chi connectivity index (χ1n) is 8.42. The van der Waals surface area contributed by atoms with Gasteiger partial charge in [-0.1, -0.05) is 30.7 Å². The van der Waals surface area contributed by atoms with Crippen LogP contribution in [0.2, 0.25) is 5.02 Å². The third-order valence-electron chi connectivity index (χ3n) is 3.95. The average molecular weight is 406 g/mol. The molecule has 0 aliphatic carbocycles. The summed E-state index contributed by atoms with van der Waals surface area (Å²) in [5.74, 6) is -0.179. The topological polar surface area (TPSA) is 46.6 Å². The minimum atomic E-state index is -0.609. The molecule has 2 aromatic carbocycles. The van der Waals surface area contributed by atoms with Gasteiger partial charge in [-0.2, -0.15) is 0 Å². The van der Waals surface area contributed by atoms with Gasteiger partial charge in [-0.15, -0.1) is 11.8 Å². The second-order valence-electron chi connectivity index (χ2n) is 5.64. The van der Waals surface area contributed by atoms with E-state index in [4.69, 9.17) is 16.3 Å². The predicted molar refractivity (Wildman–Crippen MR) is 107 cm³/mol. The summed E-state index contributed by atoms with van der Waals surface area (Å²) in [6.45, 7) is 4.33. The van der Waals surface area contributed by atoms with Crippen LogP contribution in [0.1, 0.15) is 19.4 Å². The quantitative estimate of drug-likeness (QED) is 0.640. The van der Waals surface area contributed by atoms with Crippen molar-refractivity contribution in [3.8, 4) is 5.75 Å². The maximum atomic E-state index is 13.5. The van der Waals surface area contributed by atoms with Gasteiger partial charge >= 0.3 is 0 Å². The minimum Gasteiger partial charge on any atom is -0.494 e. The molecule has 1 heterocycles. The Morgan fingerprint density at radius 1 is 1.07 bits per heavy atom. The number of rotatable bonds is 6. The van der Waals surface area contributed by atoms with Gasteiger partial charge < -0.3 is 4.74 Å². The highest BCUT2D eigenvalue weighted by Gasteiger charge is 2.40. The Morgan fingerprint density at radius 2 is 1.78 bits per heavy atom. The summed E-state index contributed by atoms with van der Waals surface area (Å²) >= 11 is 7.13. The van der Waals surface area contributed by atoms with E-state index < -0.39 is 17.6 Å². The molecule has 0 saturated carbocycles. The standard InChI is InChI=1S/C20H17ClFNO3S/c1-3-26-14-8-5-12(6-9-14)17-18(27-4-2)20(25)23(19(17)24)13-7-10-16(22)15(21)11-13/h5-11H,3-4H2,1-2H3. The fourth-order valence-corrected chi connectivity index (χ4v) is 3.81. The summed E-state index contributed by atoms with van der Waals surface area (Å²) < 4.78 is 18.9. The number of hydrogen-bond donors (Lipinski definition) is 0. The molecule has 0 saturated heterocycles. The third kappa shape index (κ3) is 3.73. The van der Waals surface area contributed by atoms with Crippen molar-refractivity contribution < 1.29 is 18.7 Å². The van der Waals surface area contributed by atoms with Gasteiger partial charge in [0.15, 0.2) is 0 Å². The molecule has 0 fully saturated rings. The van der Waals surface area contributed by atoms with Crippen molar-refractivity contribution in [1.29, 1.82) is 0 Å². The van der Waals surface area contributed by atoms with E-state index in [-0.39, 0.29) is 10.7 Å². The van der Waals surface area contributed by atoms with E-state index in [0.29, 0.717) is 34.2 Å². The van der Waals surface area contributed by atoms with E-state index in [1.807, 2.05) is 13.8 Å². The smallest absolute Gasteiger partial charge is 0.272 e. The van der Waals surface area contributed by atoms with Crippen LogP contribution in [-0.2, 0) is 9.59 Å². The van der Waals surface area contributed by atoms with Gasteiger partial charge in [-0.25, -0.2) is 9.29 Å². The molecule has 7 heteroatoms. The lowest BCUT2D eigenvalue weighted by Gasteiger charge is -2.15. The van der Waals surface area contributed by atoms with Gasteiger partial charge in [0.2, 0.25) is 0 Å². The highest BCUT2D eigenvalue weighted by atomic mass is 35.5. The van der Waals surface area contributed by atoms with Gasteiger partial charge in [-0.3, -0.25) is 9.59 Å². The zero-order valence-corrected chi connectivity index (χ0v) is 16.4. The lowest BCUT2D eigenvalue weighted by Crippen LogP contribution is -2.31. The third-order valence-corrected chi connectivity index (χ3v) is 5.19. The van der Waals surface area contributed by atoms with Crippen LogP contribution in [0.3, 0.4) is 0 Å². The van der Waals surface area contributed by atoms with Gasteiger partial charge in [-0.05, 0) is 48.6 Å². The van der Waals surface area contributed by atoms with Crippen LogP contribution in [0.4, 0.5) is 10.1 Å². The molecule has 0 unspecified atom stereocenters.